The van der Waals surface area contributed by atoms with Crippen LogP contribution < -0.4 is 0 Å². The topological polar surface area (TPSA) is 33.1 Å². The quantitative estimate of drug-likeness (QED) is 0.847. The molecule has 0 amide bonds. The number of aliphatic hydroxyl groups excluding tert-OH is 1. The number of aromatic nitrogens is 1. The van der Waals surface area contributed by atoms with Crippen molar-refractivity contribution < 1.29 is 5.11 Å². The van der Waals surface area contributed by atoms with Crippen molar-refractivity contribution in [1.82, 2.24) is 4.98 Å². The normalized spacial score (nSPS) is 22.9. The Morgan fingerprint density at radius 1 is 1.31 bits per heavy atom. The van der Waals surface area contributed by atoms with E-state index >= 15 is 0 Å². The average Bonchev–Trinajstić information content (AvgIpc) is 2.77. The van der Waals surface area contributed by atoms with Crippen LogP contribution >= 0.6 is 0 Å². The third-order valence-electron chi connectivity index (χ3n) is 4.09. The second-order valence-electron chi connectivity index (χ2n) is 5.35. The van der Waals surface area contributed by atoms with Crippen LogP contribution in [-0.2, 0) is 0 Å². The highest BCUT2D eigenvalue weighted by molar-refractivity contribution is 5.12. The zero-order valence-corrected chi connectivity index (χ0v) is 10.2. The molecule has 1 heterocycles. The van der Waals surface area contributed by atoms with Crippen LogP contribution in [0.1, 0.15) is 51.1 Å². The Kier molecular flexibility index (Phi) is 3.29. The fourth-order valence-electron chi connectivity index (χ4n) is 2.89. The van der Waals surface area contributed by atoms with Crippen molar-refractivity contribution in [3.05, 3.63) is 30.1 Å². The molecule has 0 saturated heterocycles. The molecule has 1 aliphatic rings. The summed E-state index contributed by atoms with van der Waals surface area (Å²) < 4.78 is 0. The molecule has 0 spiro atoms. The highest BCUT2D eigenvalue weighted by Crippen LogP contribution is 2.44. The van der Waals surface area contributed by atoms with Crippen molar-refractivity contribution >= 4 is 0 Å². The summed E-state index contributed by atoms with van der Waals surface area (Å²) in [5, 5.41) is 10.5. The summed E-state index contributed by atoms with van der Waals surface area (Å²) in [6.07, 6.45) is 6.32. The molecule has 0 aliphatic heterocycles. The molecule has 1 fully saturated rings. The lowest BCUT2D eigenvalue weighted by atomic mass is 9.76. The van der Waals surface area contributed by atoms with Gasteiger partial charge in [0.15, 0.2) is 0 Å². The van der Waals surface area contributed by atoms with Gasteiger partial charge in [-0.15, -0.1) is 0 Å². The van der Waals surface area contributed by atoms with Gasteiger partial charge < -0.3 is 5.11 Å². The van der Waals surface area contributed by atoms with Gasteiger partial charge in [0.1, 0.15) is 0 Å². The minimum atomic E-state index is -0.273. The van der Waals surface area contributed by atoms with Crippen LogP contribution in [0.15, 0.2) is 24.4 Å². The Morgan fingerprint density at radius 3 is 2.56 bits per heavy atom. The van der Waals surface area contributed by atoms with Crippen LogP contribution in [0.3, 0.4) is 0 Å². The largest absolute Gasteiger partial charge is 0.392 e. The summed E-state index contributed by atoms with van der Waals surface area (Å²) >= 11 is 0. The number of aliphatic hydroxyl groups is 1. The molecule has 1 aromatic heterocycles. The smallest absolute Gasteiger partial charge is 0.0674 e. The first kappa shape index (κ1) is 11.6. The van der Waals surface area contributed by atoms with Crippen molar-refractivity contribution in [3.63, 3.8) is 0 Å². The minimum absolute atomic E-state index is 0.0942. The molecule has 2 rings (SSSR count). The average molecular weight is 219 g/mol. The van der Waals surface area contributed by atoms with Crippen LogP contribution in [-0.4, -0.2) is 16.2 Å². The molecule has 1 aliphatic carbocycles. The lowest BCUT2D eigenvalue weighted by Gasteiger charge is -2.34. The lowest BCUT2D eigenvalue weighted by Crippen LogP contribution is -2.34. The number of pyridine rings is 1. The van der Waals surface area contributed by atoms with Gasteiger partial charge in [0.2, 0.25) is 0 Å². The molecule has 2 heteroatoms. The Bertz CT molecular complexity index is 330. The molecule has 2 atom stereocenters. The predicted molar refractivity (Wildman–Crippen MR) is 65.2 cm³/mol. The van der Waals surface area contributed by atoms with Gasteiger partial charge in [0, 0.05) is 17.8 Å². The Labute approximate surface area is 97.7 Å². The van der Waals surface area contributed by atoms with Crippen LogP contribution in [0.2, 0.25) is 0 Å². The van der Waals surface area contributed by atoms with E-state index in [-0.39, 0.29) is 17.4 Å². The molecule has 1 N–H and O–H groups in total. The van der Waals surface area contributed by atoms with Gasteiger partial charge in [-0.25, -0.2) is 0 Å². The Balaban J connectivity index is 2.13. The highest BCUT2D eigenvalue weighted by atomic mass is 16.3. The second kappa shape index (κ2) is 4.54. The maximum absolute atomic E-state index is 10.5. The van der Waals surface area contributed by atoms with Crippen LogP contribution in [0, 0.1) is 5.41 Å². The van der Waals surface area contributed by atoms with E-state index in [1.165, 1.54) is 12.8 Å². The molecular weight excluding hydrogens is 198 g/mol. The summed E-state index contributed by atoms with van der Waals surface area (Å²) in [6.45, 7) is 4.29. The summed E-state index contributed by atoms with van der Waals surface area (Å²) in [7, 11) is 0. The summed E-state index contributed by atoms with van der Waals surface area (Å²) in [5.41, 5.74) is 1.10. The number of hydrogen-bond acceptors (Lipinski definition) is 2. The molecule has 2 unspecified atom stereocenters. The van der Waals surface area contributed by atoms with Crippen molar-refractivity contribution in [2.75, 3.05) is 0 Å². The van der Waals surface area contributed by atoms with Gasteiger partial charge in [-0.2, -0.15) is 0 Å². The fraction of sp³-hybridized carbons (Fsp3) is 0.643. The summed E-state index contributed by atoms with van der Waals surface area (Å²) in [4.78, 5) is 4.34. The first-order valence-electron chi connectivity index (χ1n) is 6.22. The van der Waals surface area contributed by atoms with E-state index in [9.17, 15) is 5.11 Å². The SMILES string of the molecule is CC(c1ccccn1)C(O)C1(C)CCCC1. The zero-order chi connectivity index (χ0) is 11.6. The second-order valence-corrected chi connectivity index (χ2v) is 5.35. The van der Waals surface area contributed by atoms with Crippen molar-refractivity contribution in [3.8, 4) is 0 Å². The molecule has 1 saturated carbocycles. The number of hydrogen-bond donors (Lipinski definition) is 1. The lowest BCUT2D eigenvalue weighted by molar-refractivity contribution is 0.0227. The number of rotatable bonds is 3. The molecule has 0 bridgehead atoms. The van der Waals surface area contributed by atoms with E-state index in [0.29, 0.717) is 0 Å². The molecular formula is C14H21NO. The maximum Gasteiger partial charge on any atom is 0.0674 e. The molecule has 0 radical (unpaired) electrons. The van der Waals surface area contributed by atoms with Gasteiger partial charge in [-0.3, -0.25) is 4.98 Å². The van der Waals surface area contributed by atoms with Gasteiger partial charge in [-0.1, -0.05) is 32.8 Å². The van der Waals surface area contributed by atoms with Crippen LogP contribution in [0.4, 0.5) is 0 Å². The molecule has 1 aromatic rings. The third kappa shape index (κ3) is 2.12. The molecule has 88 valence electrons. The third-order valence-corrected chi connectivity index (χ3v) is 4.09. The standard InChI is InChI=1S/C14H21NO/c1-11(12-7-3-6-10-15-12)13(16)14(2)8-4-5-9-14/h3,6-7,10-11,13,16H,4-5,8-9H2,1-2H3. The van der Waals surface area contributed by atoms with Crippen molar-refractivity contribution in [1.29, 1.82) is 0 Å². The van der Waals surface area contributed by atoms with Gasteiger partial charge in [0.05, 0.1) is 6.10 Å². The first-order chi connectivity index (χ1) is 7.63. The monoisotopic (exact) mass is 219 g/mol. The van der Waals surface area contributed by atoms with Crippen molar-refractivity contribution in [2.45, 2.75) is 51.6 Å². The van der Waals surface area contributed by atoms with Gasteiger partial charge >= 0.3 is 0 Å². The van der Waals surface area contributed by atoms with Gasteiger partial charge in [-0.05, 0) is 30.4 Å². The van der Waals surface area contributed by atoms with Crippen molar-refractivity contribution in [2.24, 2.45) is 5.41 Å². The summed E-state index contributed by atoms with van der Waals surface area (Å²) in [6, 6.07) is 5.91. The van der Waals surface area contributed by atoms with E-state index < -0.39 is 0 Å². The minimum Gasteiger partial charge on any atom is -0.392 e. The van der Waals surface area contributed by atoms with E-state index in [1.54, 1.807) is 6.20 Å². The summed E-state index contributed by atoms with van der Waals surface area (Å²) in [5.74, 6) is 0.129. The highest BCUT2D eigenvalue weighted by Gasteiger charge is 2.39. The maximum atomic E-state index is 10.5. The van der Waals surface area contributed by atoms with E-state index in [4.69, 9.17) is 0 Å². The number of nitrogens with zero attached hydrogens (tertiary/aromatic N) is 1. The first-order valence-corrected chi connectivity index (χ1v) is 6.22. The van der Waals surface area contributed by atoms with Gasteiger partial charge in [0.25, 0.3) is 0 Å². The zero-order valence-electron chi connectivity index (χ0n) is 10.2. The van der Waals surface area contributed by atoms with Crippen LogP contribution in [0.5, 0.6) is 0 Å². The Hall–Kier alpha value is -0.890. The molecule has 16 heavy (non-hydrogen) atoms. The Morgan fingerprint density at radius 2 is 2.00 bits per heavy atom. The predicted octanol–water partition coefficient (Wildman–Crippen LogP) is 3.13. The van der Waals surface area contributed by atoms with E-state index in [1.807, 2.05) is 18.2 Å². The van der Waals surface area contributed by atoms with E-state index in [2.05, 4.69) is 18.8 Å². The van der Waals surface area contributed by atoms with E-state index in [0.717, 1.165) is 18.5 Å². The fourth-order valence-corrected chi connectivity index (χ4v) is 2.89. The molecule has 0 aromatic carbocycles. The van der Waals surface area contributed by atoms with Crippen LogP contribution in [0.25, 0.3) is 0 Å². The molecule has 2 nitrogen and oxygen atoms in total.